The Morgan fingerprint density at radius 1 is 0.984 bits per heavy atom. The van der Waals surface area contributed by atoms with Gasteiger partial charge in [-0.25, -0.2) is 4.98 Å². The van der Waals surface area contributed by atoms with Crippen molar-refractivity contribution in [2.75, 3.05) is 26.0 Å². The molecule has 10 atom stereocenters. The van der Waals surface area contributed by atoms with Crippen LogP contribution in [0, 0.1) is 40.9 Å². The average molecular weight is 842 g/mol. The van der Waals surface area contributed by atoms with Crippen molar-refractivity contribution in [1.29, 1.82) is 0 Å². The lowest BCUT2D eigenvalue weighted by Gasteiger charge is -2.44. The number of ketones is 2. The lowest BCUT2D eigenvalue weighted by molar-refractivity contribution is -0.134. The van der Waals surface area contributed by atoms with E-state index in [4.69, 9.17) is 10.5 Å². The molecule has 1 spiro atoms. The van der Waals surface area contributed by atoms with Crippen molar-refractivity contribution in [2.45, 2.75) is 120 Å². The molecule has 1 aliphatic heterocycles. The van der Waals surface area contributed by atoms with Gasteiger partial charge in [-0.1, -0.05) is 54.3 Å². The van der Waals surface area contributed by atoms with E-state index in [1.807, 2.05) is 24.3 Å². The first kappa shape index (κ1) is 43.8. The number of hydrogen-bond acceptors (Lipinski definition) is 10. The summed E-state index contributed by atoms with van der Waals surface area (Å²) in [6, 6.07) is 22.2. The fourth-order valence-corrected chi connectivity index (χ4v) is 11.5. The molecule has 0 amide bonds. The molecule has 0 bridgehead atoms. The van der Waals surface area contributed by atoms with E-state index in [2.05, 4.69) is 52.5 Å². The Bertz CT molecular complexity index is 2300. The molecule has 10 heteroatoms. The number of benzene rings is 3. The maximum Gasteiger partial charge on any atom is 0.160 e. The Morgan fingerprint density at radius 2 is 1.81 bits per heavy atom. The molecule has 2 heterocycles. The summed E-state index contributed by atoms with van der Waals surface area (Å²) in [6.45, 7) is 0.943. The summed E-state index contributed by atoms with van der Waals surface area (Å²) in [6.07, 6.45) is 8.41. The van der Waals surface area contributed by atoms with Crippen LogP contribution >= 0.6 is 0 Å². The minimum atomic E-state index is -1.22. The number of phenolic OH excluding ortho intramolecular Hbond substituents is 1. The number of aromatic hydroxyl groups is 1. The van der Waals surface area contributed by atoms with Crippen LogP contribution in [0.4, 0.5) is 5.82 Å². The van der Waals surface area contributed by atoms with E-state index >= 15 is 0 Å². The van der Waals surface area contributed by atoms with Gasteiger partial charge in [-0.05, 0) is 158 Å². The molecule has 4 aromatic rings. The summed E-state index contributed by atoms with van der Waals surface area (Å²) in [5, 5.41) is 51.0. The first-order valence-corrected chi connectivity index (χ1v) is 22.9. The maximum absolute atomic E-state index is 14.4. The number of aromatic nitrogens is 1. The number of phenols is 1. The smallest absolute Gasteiger partial charge is 0.160 e. The molecule has 0 unspecified atom stereocenters. The zero-order valence-corrected chi connectivity index (χ0v) is 36.0. The number of ether oxygens (including phenoxy) is 1. The number of aliphatic hydroxyl groups is 3. The number of aliphatic hydroxyl groups excluding tert-OH is 3. The van der Waals surface area contributed by atoms with E-state index in [-0.39, 0.29) is 48.4 Å². The van der Waals surface area contributed by atoms with E-state index in [1.165, 1.54) is 7.11 Å². The van der Waals surface area contributed by atoms with Crippen LogP contribution in [-0.4, -0.2) is 75.5 Å². The molecule has 2 saturated carbocycles. The number of Topliss-reactive ketones (excluding diaryl/α,β-unsaturated/α-hetero) is 2. The van der Waals surface area contributed by atoms with Gasteiger partial charge in [0, 0.05) is 49.9 Å². The first-order chi connectivity index (χ1) is 30.0. The lowest BCUT2D eigenvalue weighted by Crippen LogP contribution is -2.50. The van der Waals surface area contributed by atoms with Crippen LogP contribution in [0.3, 0.4) is 0 Å². The monoisotopic (exact) mass is 841 g/mol. The number of pyridine rings is 1. The molecular formula is C52H63N3O7. The highest BCUT2D eigenvalue weighted by atomic mass is 16.5. The van der Waals surface area contributed by atoms with E-state index < -0.39 is 23.5 Å². The normalized spacial score (nSPS) is 27.7. The van der Waals surface area contributed by atoms with Gasteiger partial charge in [-0.15, -0.1) is 0 Å². The number of rotatable bonds is 13. The summed E-state index contributed by atoms with van der Waals surface area (Å²) in [4.78, 5) is 30.7. The predicted molar refractivity (Wildman–Crippen MR) is 241 cm³/mol. The van der Waals surface area contributed by atoms with Crippen LogP contribution in [-0.2, 0) is 16.0 Å². The van der Waals surface area contributed by atoms with Crippen molar-refractivity contribution in [1.82, 2.24) is 10.3 Å². The number of aryl methyl sites for hydroxylation is 1. The van der Waals surface area contributed by atoms with Gasteiger partial charge in [0.1, 0.15) is 17.0 Å². The van der Waals surface area contributed by atoms with Crippen LogP contribution in [0.2, 0.25) is 0 Å². The quantitative estimate of drug-likeness (QED) is 0.0746. The van der Waals surface area contributed by atoms with Crippen LogP contribution in [0.5, 0.6) is 11.5 Å². The number of fused-ring (bicyclic) bond motifs is 3. The standard InChI is InChI=1S/C52H63N3O7/c1-62-48-26-38-10-13-49(60)52(18-14-32(23-50(52)61)22-36(17-21-56)41-25-40-9-12-43(58)29-46(40)55-31-41)19-15-34(45(38)30-47(48)59)8-11-42(57)28-44(39-16-20-54-51(53)27-39)37-7-6-33-4-2-3-5-35(33)24-37/h2-7,16,20,24,26-27,30,32,34,36,40-42,44,46,50,55-57,59,61H,8-14,17-18,21-23,25,28-29,31H2,1H3,(H2,53,54)/t32-,34+,36+,40-,41+,42+,44+,46-,50-,52+/m1/s1. The Labute approximate surface area is 365 Å². The van der Waals surface area contributed by atoms with Gasteiger partial charge < -0.3 is 36.2 Å². The topological polar surface area (TPSA) is 175 Å². The number of hydrogen-bond donors (Lipinski definition) is 6. The molecule has 8 rings (SSSR count). The molecule has 1 saturated heterocycles. The number of nitrogens with zero attached hydrogens (tertiary/aromatic N) is 1. The Balaban J connectivity index is 1.02. The molecular weight excluding hydrogens is 779 g/mol. The third kappa shape index (κ3) is 9.57. The number of piperidine rings is 1. The van der Waals surface area contributed by atoms with Crippen molar-refractivity contribution in [3.63, 3.8) is 0 Å². The van der Waals surface area contributed by atoms with Gasteiger partial charge in [0.15, 0.2) is 17.3 Å². The van der Waals surface area contributed by atoms with Crippen LogP contribution in [0.1, 0.15) is 118 Å². The maximum atomic E-state index is 14.4. The molecule has 3 aliphatic carbocycles. The summed E-state index contributed by atoms with van der Waals surface area (Å²) in [5.74, 6) is 8.66. The predicted octanol–water partition coefficient (Wildman–Crippen LogP) is 7.38. The molecule has 3 fully saturated rings. The van der Waals surface area contributed by atoms with Crippen molar-refractivity contribution >= 4 is 28.2 Å². The number of carbonyl (C=O) groups excluding carboxylic acids is 2. The molecule has 1 aromatic heterocycles. The molecule has 7 N–H and O–H groups in total. The molecule has 10 nitrogen and oxygen atoms in total. The molecule has 3 aromatic carbocycles. The van der Waals surface area contributed by atoms with E-state index in [0.29, 0.717) is 87.0 Å². The third-order valence-electron chi connectivity index (χ3n) is 15.0. The molecule has 0 radical (unpaired) electrons. The summed E-state index contributed by atoms with van der Waals surface area (Å²) >= 11 is 0. The van der Waals surface area contributed by atoms with E-state index in [9.17, 15) is 30.0 Å². The Kier molecular flexibility index (Phi) is 13.7. The second-order valence-electron chi connectivity index (χ2n) is 18.8. The lowest BCUT2D eigenvalue weighted by atomic mass is 9.63. The van der Waals surface area contributed by atoms with Crippen molar-refractivity contribution in [3.05, 3.63) is 95.2 Å². The highest BCUT2D eigenvalue weighted by Gasteiger charge is 2.48. The molecule has 328 valence electrons. The average Bonchev–Trinajstić information content (AvgIpc) is 3.32. The SMILES string of the molecule is COc1cc2c(cc1O)[C@@H](CC[C@H](O)C[C@H](c1ccnc(N)c1)c1ccc3ccccc3c1)C#C[C@@]1(CC[C@H](C[C@H](CCO)[C@@H]3CN[C@@H]4CC(=O)CC[C@@H]4C3)C[C@H]1O)C(=O)CC2. The van der Waals surface area contributed by atoms with Gasteiger partial charge in [0.25, 0.3) is 0 Å². The van der Waals surface area contributed by atoms with E-state index in [1.54, 1.807) is 18.3 Å². The zero-order chi connectivity index (χ0) is 43.4. The highest BCUT2D eigenvalue weighted by molar-refractivity contribution is 5.89. The zero-order valence-electron chi connectivity index (χ0n) is 36.0. The van der Waals surface area contributed by atoms with E-state index in [0.717, 1.165) is 65.3 Å². The van der Waals surface area contributed by atoms with Gasteiger partial charge in [0.05, 0.1) is 19.3 Å². The van der Waals surface area contributed by atoms with Gasteiger partial charge in [0.2, 0.25) is 0 Å². The number of carbonyl (C=O) groups is 2. The number of nitrogens with one attached hydrogen (secondary N) is 1. The Morgan fingerprint density at radius 3 is 2.60 bits per heavy atom. The summed E-state index contributed by atoms with van der Waals surface area (Å²) in [5.41, 5.74) is 8.65. The fraction of sp³-hybridized carbons (Fsp3) is 0.519. The minimum Gasteiger partial charge on any atom is -0.504 e. The largest absolute Gasteiger partial charge is 0.504 e. The van der Waals surface area contributed by atoms with Gasteiger partial charge in [-0.2, -0.15) is 0 Å². The number of anilines is 1. The molecule has 62 heavy (non-hydrogen) atoms. The van der Waals surface area contributed by atoms with Crippen LogP contribution in [0.15, 0.2) is 72.9 Å². The van der Waals surface area contributed by atoms with Crippen LogP contribution in [0.25, 0.3) is 10.8 Å². The summed E-state index contributed by atoms with van der Waals surface area (Å²) in [7, 11) is 1.51. The second-order valence-corrected chi connectivity index (χ2v) is 18.8. The van der Waals surface area contributed by atoms with Gasteiger partial charge in [-0.3, -0.25) is 9.59 Å². The first-order valence-electron chi connectivity index (χ1n) is 22.9. The van der Waals surface area contributed by atoms with Crippen molar-refractivity contribution in [3.8, 4) is 23.3 Å². The van der Waals surface area contributed by atoms with Gasteiger partial charge >= 0.3 is 0 Å². The van der Waals surface area contributed by atoms with Crippen LogP contribution < -0.4 is 15.8 Å². The minimum absolute atomic E-state index is 0.0100. The highest BCUT2D eigenvalue weighted by Crippen LogP contribution is 2.47. The Hall–Kier alpha value is -4.79. The molecule has 4 aliphatic rings. The fourth-order valence-electron chi connectivity index (χ4n) is 11.5. The van der Waals surface area contributed by atoms with Crippen molar-refractivity contribution in [2.24, 2.45) is 29.1 Å². The number of nitrogens with two attached hydrogens (primary N) is 1. The van der Waals surface area contributed by atoms with Crippen molar-refractivity contribution < 1.29 is 34.8 Å². The summed E-state index contributed by atoms with van der Waals surface area (Å²) < 4.78 is 5.50. The second kappa shape index (κ2) is 19.3. The third-order valence-corrected chi connectivity index (χ3v) is 15.0. The number of nitrogen functional groups attached to an aromatic ring is 1. The number of methoxy groups -OCH3 is 1.